The SMILES string of the molecule is O=C(O)CC(O)C(=O)O.O=C(O)c1ccc(C(=O)O)c(C(=O)O)c1.O=C1c2cccc1c2. The minimum Gasteiger partial charge on any atom is -0.481 e. The average Bonchev–Trinajstić information content (AvgIpc) is 2.73. The molecule has 12 heteroatoms. The Balaban J connectivity index is 0.000000257. The zero-order chi connectivity index (χ0) is 24.6. The number of fused-ring (bicyclic) bond motifs is 2. The molecule has 2 aliphatic rings. The molecule has 1 unspecified atom stereocenters. The molecule has 2 aromatic carbocycles. The molecule has 168 valence electrons. The lowest BCUT2D eigenvalue weighted by molar-refractivity contribution is -0.152. The summed E-state index contributed by atoms with van der Waals surface area (Å²) in [6.07, 6.45) is -2.54. The molecule has 4 rings (SSSR count). The molecule has 2 aromatic rings. The number of hydrogen-bond donors (Lipinski definition) is 6. The molecule has 0 heterocycles. The van der Waals surface area contributed by atoms with Gasteiger partial charge in [0.1, 0.15) is 0 Å². The van der Waals surface area contributed by atoms with Gasteiger partial charge in [0.15, 0.2) is 11.9 Å². The third kappa shape index (κ3) is 7.03. The Morgan fingerprint density at radius 2 is 1.25 bits per heavy atom. The number of benzene rings is 2. The first kappa shape index (κ1) is 25.5. The minimum absolute atomic E-state index is 0.201. The predicted molar refractivity (Wildman–Crippen MR) is 103 cm³/mol. The number of aliphatic carboxylic acids is 2. The second kappa shape index (κ2) is 11.0. The summed E-state index contributed by atoms with van der Waals surface area (Å²) in [6.45, 7) is 0. The second-order valence-corrected chi connectivity index (χ2v) is 6.04. The average molecular weight is 448 g/mol. The molecule has 0 amide bonds. The van der Waals surface area contributed by atoms with Crippen LogP contribution in [0.5, 0.6) is 0 Å². The van der Waals surface area contributed by atoms with Crippen LogP contribution in [0.4, 0.5) is 0 Å². The quantitative estimate of drug-likeness (QED) is 0.309. The van der Waals surface area contributed by atoms with E-state index in [4.69, 9.17) is 30.6 Å². The van der Waals surface area contributed by atoms with Gasteiger partial charge < -0.3 is 30.6 Å². The first-order valence-corrected chi connectivity index (χ1v) is 8.46. The van der Waals surface area contributed by atoms with Gasteiger partial charge in [-0.1, -0.05) is 18.2 Å². The van der Waals surface area contributed by atoms with E-state index in [1.165, 1.54) is 0 Å². The summed E-state index contributed by atoms with van der Waals surface area (Å²) in [6, 6.07) is 10.3. The van der Waals surface area contributed by atoms with Crippen LogP contribution in [0, 0.1) is 0 Å². The molecule has 0 fully saturated rings. The Bertz CT molecular complexity index is 1060. The Kier molecular flexibility index (Phi) is 8.74. The number of aromatic carboxylic acids is 3. The summed E-state index contributed by atoms with van der Waals surface area (Å²) in [5.74, 6) is -6.84. The number of carbonyl (C=O) groups excluding carboxylic acids is 1. The van der Waals surface area contributed by atoms with E-state index in [1.807, 2.05) is 24.3 Å². The Morgan fingerprint density at radius 3 is 1.53 bits per heavy atom. The van der Waals surface area contributed by atoms with Crippen molar-refractivity contribution >= 4 is 35.6 Å². The highest BCUT2D eigenvalue weighted by Crippen LogP contribution is 2.19. The van der Waals surface area contributed by atoms with E-state index < -0.39 is 53.5 Å². The van der Waals surface area contributed by atoms with Crippen LogP contribution in [0.1, 0.15) is 53.4 Å². The molecule has 0 aliphatic heterocycles. The van der Waals surface area contributed by atoms with Gasteiger partial charge >= 0.3 is 29.8 Å². The van der Waals surface area contributed by atoms with Gasteiger partial charge in [0, 0.05) is 11.1 Å². The lowest BCUT2D eigenvalue weighted by Gasteiger charge is -2.10. The number of carboxylic acids is 5. The molecule has 1 atom stereocenters. The van der Waals surface area contributed by atoms with Crippen LogP contribution in [0.15, 0.2) is 42.5 Å². The summed E-state index contributed by atoms with van der Waals surface area (Å²) in [7, 11) is 0. The van der Waals surface area contributed by atoms with Crippen LogP contribution >= 0.6 is 0 Å². The monoisotopic (exact) mass is 448 g/mol. The highest BCUT2D eigenvalue weighted by atomic mass is 16.4. The number of aliphatic hydroxyl groups excluding tert-OH is 1. The van der Waals surface area contributed by atoms with Crippen molar-refractivity contribution in [3.8, 4) is 0 Å². The van der Waals surface area contributed by atoms with Crippen LogP contribution < -0.4 is 0 Å². The maximum Gasteiger partial charge on any atom is 0.336 e. The summed E-state index contributed by atoms with van der Waals surface area (Å²) in [5.41, 5.74) is 0.456. The van der Waals surface area contributed by atoms with E-state index in [0.717, 1.165) is 29.3 Å². The number of hydrogen-bond acceptors (Lipinski definition) is 7. The van der Waals surface area contributed by atoms with Crippen LogP contribution in [0.25, 0.3) is 0 Å². The standard InChI is InChI=1S/C9H6O6.C7H4O.C4H6O5/c10-7(11)4-1-2-5(8(12)13)6(3-4)9(14)15;8-7-5-2-1-3-6(7)4-5;5-2(4(8)9)1-3(6)7/h1-3H,(H,10,11)(H,12,13)(H,14,15);1-4H;2,5H,1H2,(H,6,7)(H,8,9). The minimum atomic E-state index is -1.79. The fraction of sp³-hybridized carbons (Fsp3) is 0.100. The van der Waals surface area contributed by atoms with Crippen molar-refractivity contribution in [1.29, 1.82) is 0 Å². The summed E-state index contributed by atoms with van der Waals surface area (Å²) >= 11 is 0. The molecule has 6 N–H and O–H groups in total. The van der Waals surface area contributed by atoms with Gasteiger partial charge in [-0.05, 0) is 24.3 Å². The smallest absolute Gasteiger partial charge is 0.336 e. The zero-order valence-electron chi connectivity index (χ0n) is 16.0. The van der Waals surface area contributed by atoms with Gasteiger partial charge in [-0.3, -0.25) is 9.59 Å². The van der Waals surface area contributed by atoms with Gasteiger partial charge in [-0.2, -0.15) is 0 Å². The number of carbonyl (C=O) groups is 6. The molecule has 0 saturated heterocycles. The van der Waals surface area contributed by atoms with Crippen molar-refractivity contribution in [2.45, 2.75) is 12.5 Å². The molecule has 12 nitrogen and oxygen atoms in total. The molecule has 0 radical (unpaired) electrons. The molecule has 32 heavy (non-hydrogen) atoms. The summed E-state index contributed by atoms with van der Waals surface area (Å²) in [4.78, 5) is 61.8. The van der Waals surface area contributed by atoms with Crippen LogP contribution in [-0.2, 0) is 9.59 Å². The first-order chi connectivity index (χ1) is 14.8. The summed E-state index contributed by atoms with van der Waals surface area (Å²) in [5, 5.41) is 50.0. The van der Waals surface area contributed by atoms with Crippen LogP contribution in [0.2, 0.25) is 0 Å². The largest absolute Gasteiger partial charge is 0.481 e. The molecule has 0 aromatic heterocycles. The third-order valence-corrected chi connectivity index (χ3v) is 3.77. The number of ketones is 1. The van der Waals surface area contributed by atoms with Gasteiger partial charge in [0.25, 0.3) is 0 Å². The highest BCUT2D eigenvalue weighted by molar-refractivity contribution is 6.16. The number of carboxylic acid groups (broad SMARTS) is 5. The third-order valence-electron chi connectivity index (χ3n) is 3.77. The van der Waals surface area contributed by atoms with Gasteiger partial charge in [-0.25, -0.2) is 19.2 Å². The van der Waals surface area contributed by atoms with Gasteiger partial charge in [0.05, 0.1) is 23.1 Å². The predicted octanol–water partition coefficient (Wildman–Crippen LogP) is 0.919. The first-order valence-electron chi connectivity index (χ1n) is 8.46. The number of rotatable bonds is 6. The molecule has 0 saturated carbocycles. The Morgan fingerprint density at radius 1 is 0.719 bits per heavy atom. The number of aliphatic hydroxyl groups is 1. The maximum absolute atomic E-state index is 10.7. The Hall–Kier alpha value is -4.58. The van der Waals surface area contributed by atoms with E-state index in [1.54, 1.807) is 0 Å². The molecular weight excluding hydrogens is 432 g/mol. The lowest BCUT2D eigenvalue weighted by Crippen LogP contribution is -2.22. The molecular formula is C20H16O12. The topological polar surface area (TPSA) is 224 Å². The Labute approximate surface area is 178 Å². The lowest BCUT2D eigenvalue weighted by atomic mass is 9.92. The normalized spacial score (nSPS) is 11.3. The van der Waals surface area contributed by atoms with Gasteiger partial charge in [-0.15, -0.1) is 0 Å². The maximum atomic E-state index is 10.7. The van der Waals surface area contributed by atoms with Crippen molar-refractivity contribution in [2.24, 2.45) is 0 Å². The fourth-order valence-electron chi connectivity index (χ4n) is 2.18. The molecule has 2 aliphatic carbocycles. The van der Waals surface area contributed by atoms with Crippen LogP contribution in [0.3, 0.4) is 0 Å². The van der Waals surface area contributed by atoms with Crippen molar-refractivity contribution in [2.75, 3.05) is 0 Å². The summed E-state index contributed by atoms with van der Waals surface area (Å²) < 4.78 is 0. The van der Waals surface area contributed by atoms with E-state index in [-0.39, 0.29) is 11.3 Å². The highest BCUT2D eigenvalue weighted by Gasteiger charge is 2.19. The van der Waals surface area contributed by atoms with Crippen molar-refractivity contribution in [3.05, 3.63) is 70.3 Å². The van der Waals surface area contributed by atoms with Gasteiger partial charge in [0.2, 0.25) is 0 Å². The van der Waals surface area contributed by atoms with Crippen molar-refractivity contribution in [1.82, 2.24) is 0 Å². The van der Waals surface area contributed by atoms with Crippen molar-refractivity contribution < 1.29 is 59.4 Å². The fourth-order valence-corrected chi connectivity index (χ4v) is 2.18. The van der Waals surface area contributed by atoms with E-state index in [9.17, 15) is 28.8 Å². The van der Waals surface area contributed by atoms with E-state index in [2.05, 4.69) is 0 Å². The van der Waals surface area contributed by atoms with E-state index >= 15 is 0 Å². The molecule has 0 spiro atoms. The molecule has 2 bridgehead atoms. The second-order valence-electron chi connectivity index (χ2n) is 6.04. The van der Waals surface area contributed by atoms with Crippen molar-refractivity contribution in [3.63, 3.8) is 0 Å². The van der Waals surface area contributed by atoms with Crippen LogP contribution in [-0.4, -0.2) is 72.4 Å². The zero-order valence-corrected chi connectivity index (χ0v) is 16.0. The van der Waals surface area contributed by atoms with E-state index in [0.29, 0.717) is 0 Å².